The number of anilines is 1. The quantitative estimate of drug-likeness (QED) is 0.521. The van der Waals surface area contributed by atoms with Crippen molar-refractivity contribution in [1.82, 2.24) is 14.9 Å². The van der Waals surface area contributed by atoms with Gasteiger partial charge in [0.2, 0.25) is 5.91 Å². The van der Waals surface area contributed by atoms with Crippen molar-refractivity contribution in [2.45, 2.75) is 44.1 Å². The van der Waals surface area contributed by atoms with Gasteiger partial charge in [0, 0.05) is 42.9 Å². The minimum atomic E-state index is -0.124. The molecule has 7 nitrogen and oxygen atoms in total. The maximum atomic E-state index is 12.7. The smallest absolute Gasteiger partial charge is 0.225 e. The molecule has 1 atom stereocenters. The Bertz CT molecular complexity index is 1420. The highest BCUT2D eigenvalue weighted by Gasteiger charge is 2.41. The van der Waals surface area contributed by atoms with Gasteiger partial charge < -0.3 is 14.9 Å². The fraction of sp³-hybridized carbons (Fsp3) is 0.400. The number of rotatable bonds is 7. The Balaban J connectivity index is 1.40. The molecule has 3 aliphatic rings. The fourth-order valence-electron chi connectivity index (χ4n) is 5.68. The highest BCUT2D eigenvalue weighted by molar-refractivity contribution is 5.96. The zero-order valence-corrected chi connectivity index (χ0v) is 20.9. The molecule has 1 aliphatic heterocycles. The van der Waals surface area contributed by atoms with Crippen LogP contribution in [0, 0.1) is 17.2 Å². The van der Waals surface area contributed by atoms with Gasteiger partial charge in [0.05, 0.1) is 35.1 Å². The van der Waals surface area contributed by atoms with Crippen LogP contribution in [-0.2, 0) is 4.79 Å². The van der Waals surface area contributed by atoms with Gasteiger partial charge in [-0.2, -0.15) is 5.26 Å². The summed E-state index contributed by atoms with van der Waals surface area (Å²) < 4.78 is 0. The topological polar surface area (TPSA) is 93.4 Å². The van der Waals surface area contributed by atoms with Crippen molar-refractivity contribution in [2.24, 2.45) is 5.92 Å². The first kappa shape index (κ1) is 23.6. The number of carbonyl (C=O) groups excluding carboxylic acids is 1. The number of aromatic nitrogens is 2. The number of fused-ring (bicyclic) bond motifs is 1. The Morgan fingerprint density at radius 3 is 2.68 bits per heavy atom. The number of carbonyl (C=O) groups is 1. The molecular formula is C30H31N5O2. The molecule has 1 amide bonds. The van der Waals surface area contributed by atoms with E-state index >= 15 is 0 Å². The molecule has 2 aliphatic carbocycles. The molecule has 1 aromatic carbocycles. The minimum absolute atomic E-state index is 0.0192. The van der Waals surface area contributed by atoms with Crippen LogP contribution >= 0.6 is 0 Å². The Labute approximate surface area is 217 Å². The summed E-state index contributed by atoms with van der Waals surface area (Å²) in [5.41, 5.74) is 5.41. The van der Waals surface area contributed by atoms with Gasteiger partial charge in [-0.15, -0.1) is 0 Å². The number of nitrogens with zero attached hydrogens (tertiary/aromatic N) is 5. The van der Waals surface area contributed by atoms with E-state index in [1.54, 1.807) is 6.08 Å². The average Bonchev–Trinajstić information content (AvgIpc) is 3.85. The minimum Gasteiger partial charge on any atom is -0.396 e. The molecule has 2 aromatic heterocycles. The third-order valence-electron chi connectivity index (χ3n) is 7.90. The maximum absolute atomic E-state index is 12.7. The van der Waals surface area contributed by atoms with Crippen LogP contribution in [0.3, 0.4) is 0 Å². The molecule has 37 heavy (non-hydrogen) atoms. The number of hydrogen-bond acceptors (Lipinski definition) is 6. The molecule has 0 radical (unpaired) electrons. The van der Waals surface area contributed by atoms with E-state index in [0.717, 1.165) is 64.9 Å². The largest absolute Gasteiger partial charge is 0.396 e. The zero-order valence-electron chi connectivity index (χ0n) is 20.9. The lowest BCUT2D eigenvalue weighted by atomic mass is 9.95. The standard InChI is InChI=1S/C30H31N5O2/c1-2-22-10-11-24-23(4-3-5-26(24)32-22)25-16-21(17-31)30(33-29(25)20-8-9-20)34-13-14-35(28(37)12-15-36)27(18-34)19-6-7-19/h2-5,10-11,16,19-20,27,36H,1,6-9,12-15,18H2/t27-/m0/s1. The van der Waals surface area contributed by atoms with Gasteiger partial charge in [0.25, 0.3) is 0 Å². The first-order chi connectivity index (χ1) is 18.1. The number of amides is 1. The van der Waals surface area contributed by atoms with E-state index in [1.807, 2.05) is 29.2 Å². The lowest BCUT2D eigenvalue weighted by Gasteiger charge is -2.42. The second-order valence-electron chi connectivity index (χ2n) is 10.4. The number of hydrogen-bond donors (Lipinski definition) is 1. The van der Waals surface area contributed by atoms with Crippen molar-refractivity contribution in [2.75, 3.05) is 31.1 Å². The molecule has 2 saturated carbocycles. The van der Waals surface area contributed by atoms with Gasteiger partial charge in [0.1, 0.15) is 11.9 Å². The van der Waals surface area contributed by atoms with Crippen LogP contribution in [0.1, 0.15) is 55.0 Å². The van der Waals surface area contributed by atoms with E-state index in [0.29, 0.717) is 37.0 Å². The summed E-state index contributed by atoms with van der Waals surface area (Å²) in [5.74, 6) is 1.64. The van der Waals surface area contributed by atoms with Crippen molar-refractivity contribution >= 4 is 28.7 Å². The number of aliphatic hydroxyl groups excluding tert-OH is 1. The van der Waals surface area contributed by atoms with Crippen LogP contribution in [0.4, 0.5) is 5.82 Å². The van der Waals surface area contributed by atoms with Crippen LogP contribution < -0.4 is 4.90 Å². The third kappa shape index (κ3) is 4.47. The Hall–Kier alpha value is -3.76. The molecule has 0 bridgehead atoms. The van der Waals surface area contributed by atoms with Crippen LogP contribution in [0.5, 0.6) is 0 Å². The molecule has 1 saturated heterocycles. The number of piperazine rings is 1. The lowest BCUT2D eigenvalue weighted by molar-refractivity contribution is -0.135. The van der Waals surface area contributed by atoms with Crippen LogP contribution in [-0.4, -0.2) is 58.2 Å². The highest BCUT2D eigenvalue weighted by atomic mass is 16.3. The molecule has 3 heterocycles. The van der Waals surface area contributed by atoms with Crippen molar-refractivity contribution in [3.63, 3.8) is 0 Å². The molecule has 3 fully saturated rings. The molecule has 7 heteroatoms. The summed E-state index contributed by atoms with van der Waals surface area (Å²) in [4.78, 5) is 26.7. The Morgan fingerprint density at radius 1 is 1.14 bits per heavy atom. The van der Waals surface area contributed by atoms with Crippen LogP contribution in [0.15, 0.2) is 43.0 Å². The van der Waals surface area contributed by atoms with Crippen LogP contribution in [0.2, 0.25) is 0 Å². The monoisotopic (exact) mass is 493 g/mol. The van der Waals surface area contributed by atoms with E-state index in [1.165, 1.54) is 0 Å². The normalized spacial score (nSPS) is 19.6. The van der Waals surface area contributed by atoms with Gasteiger partial charge in [0.15, 0.2) is 0 Å². The predicted molar refractivity (Wildman–Crippen MR) is 144 cm³/mol. The average molecular weight is 494 g/mol. The SMILES string of the molecule is C=Cc1ccc2c(-c3cc(C#N)c(N4CCN(C(=O)CCO)[C@H](C5CC5)C4)nc3C3CC3)cccc2n1. The molecule has 0 spiro atoms. The second kappa shape index (κ2) is 9.60. The second-order valence-corrected chi connectivity index (χ2v) is 10.4. The summed E-state index contributed by atoms with van der Waals surface area (Å²) in [6.07, 6.45) is 6.35. The van der Waals surface area contributed by atoms with Gasteiger partial charge in [-0.05, 0) is 61.4 Å². The highest BCUT2D eigenvalue weighted by Crippen LogP contribution is 2.46. The summed E-state index contributed by atoms with van der Waals surface area (Å²) in [6.45, 7) is 5.61. The Kier molecular flexibility index (Phi) is 6.13. The summed E-state index contributed by atoms with van der Waals surface area (Å²) in [7, 11) is 0. The number of aliphatic hydroxyl groups is 1. The van der Waals surface area contributed by atoms with E-state index < -0.39 is 0 Å². The molecule has 3 aromatic rings. The van der Waals surface area contributed by atoms with E-state index in [-0.39, 0.29) is 25.0 Å². The van der Waals surface area contributed by atoms with E-state index in [2.05, 4.69) is 29.7 Å². The number of nitriles is 1. The molecule has 6 rings (SSSR count). The molecule has 0 unspecified atom stereocenters. The Morgan fingerprint density at radius 2 is 1.97 bits per heavy atom. The molecule has 1 N–H and O–H groups in total. The van der Waals surface area contributed by atoms with Crippen molar-refractivity contribution in [1.29, 1.82) is 5.26 Å². The fourth-order valence-corrected chi connectivity index (χ4v) is 5.68. The number of pyridine rings is 2. The van der Waals surface area contributed by atoms with Gasteiger partial charge in [-0.1, -0.05) is 24.8 Å². The number of benzene rings is 1. The first-order valence-electron chi connectivity index (χ1n) is 13.2. The third-order valence-corrected chi connectivity index (χ3v) is 7.90. The summed E-state index contributed by atoms with van der Waals surface area (Å²) in [5, 5.41) is 20.5. The summed E-state index contributed by atoms with van der Waals surface area (Å²) in [6, 6.07) is 14.7. The molecule has 188 valence electrons. The zero-order chi connectivity index (χ0) is 25.5. The lowest BCUT2D eigenvalue weighted by Crippen LogP contribution is -2.56. The van der Waals surface area contributed by atoms with Gasteiger partial charge in [-0.3, -0.25) is 4.79 Å². The van der Waals surface area contributed by atoms with Gasteiger partial charge in [-0.25, -0.2) is 9.97 Å². The first-order valence-corrected chi connectivity index (χ1v) is 13.2. The van der Waals surface area contributed by atoms with E-state index in [9.17, 15) is 15.2 Å². The van der Waals surface area contributed by atoms with Crippen molar-refractivity contribution in [3.05, 3.63) is 59.9 Å². The van der Waals surface area contributed by atoms with Crippen molar-refractivity contribution in [3.8, 4) is 17.2 Å². The predicted octanol–water partition coefficient (Wildman–Crippen LogP) is 4.50. The van der Waals surface area contributed by atoms with Crippen LogP contribution in [0.25, 0.3) is 28.1 Å². The van der Waals surface area contributed by atoms with Gasteiger partial charge >= 0.3 is 0 Å². The molecular weight excluding hydrogens is 462 g/mol. The maximum Gasteiger partial charge on any atom is 0.225 e. The van der Waals surface area contributed by atoms with E-state index in [4.69, 9.17) is 9.97 Å². The van der Waals surface area contributed by atoms with Crippen molar-refractivity contribution < 1.29 is 9.90 Å². The summed E-state index contributed by atoms with van der Waals surface area (Å²) >= 11 is 0.